The first-order chi connectivity index (χ1) is 6.42. The Bertz CT molecular complexity index is 301. The first kappa shape index (κ1) is 11.2. The molecule has 0 aliphatic carbocycles. The van der Waals surface area contributed by atoms with Gasteiger partial charge in [0.05, 0.1) is 6.61 Å². The number of ether oxygens (including phenoxy) is 1. The predicted molar refractivity (Wildman–Crippen MR) is 61.7 cm³/mol. The quantitative estimate of drug-likeness (QED) is 0.816. The van der Waals surface area contributed by atoms with E-state index in [9.17, 15) is 0 Å². The molecule has 0 saturated carbocycles. The molecular formula is C11H16ClNO. The second-order valence-electron chi connectivity index (χ2n) is 3.25. The van der Waals surface area contributed by atoms with Crippen molar-refractivity contribution >= 4 is 18.1 Å². The molecule has 0 spiro atoms. The van der Waals surface area contributed by atoms with Crippen molar-refractivity contribution in [1.29, 1.82) is 0 Å². The van der Waals surface area contributed by atoms with Gasteiger partial charge in [-0.3, -0.25) is 0 Å². The summed E-state index contributed by atoms with van der Waals surface area (Å²) in [6, 6.07) is 6.22. The van der Waals surface area contributed by atoms with E-state index in [0.29, 0.717) is 0 Å². The van der Waals surface area contributed by atoms with Crippen LogP contribution < -0.4 is 10.1 Å². The van der Waals surface area contributed by atoms with Crippen LogP contribution in [0.15, 0.2) is 18.2 Å². The highest BCUT2D eigenvalue weighted by atomic mass is 35.5. The highest BCUT2D eigenvalue weighted by Gasteiger charge is 2.12. The van der Waals surface area contributed by atoms with Crippen LogP contribution in [0.5, 0.6) is 5.75 Å². The topological polar surface area (TPSA) is 21.3 Å². The van der Waals surface area contributed by atoms with Gasteiger partial charge in [-0.05, 0) is 31.9 Å². The molecule has 1 aliphatic heterocycles. The van der Waals surface area contributed by atoms with E-state index < -0.39 is 0 Å². The lowest BCUT2D eigenvalue weighted by Crippen LogP contribution is -2.12. The third-order valence-electron chi connectivity index (χ3n) is 2.35. The molecule has 78 valence electrons. The highest BCUT2D eigenvalue weighted by Crippen LogP contribution is 2.30. The van der Waals surface area contributed by atoms with Gasteiger partial charge in [0.15, 0.2) is 0 Å². The van der Waals surface area contributed by atoms with Crippen LogP contribution in [0.3, 0.4) is 0 Å². The molecule has 2 rings (SSSR count). The Balaban J connectivity index is 0.000000980. The molecule has 0 atom stereocenters. The number of rotatable bonds is 2. The van der Waals surface area contributed by atoms with Crippen molar-refractivity contribution in [2.75, 3.05) is 18.5 Å². The molecule has 1 aromatic rings. The van der Waals surface area contributed by atoms with Gasteiger partial charge in [-0.15, -0.1) is 12.4 Å². The standard InChI is InChI=1S/C11H15NO.ClH/c1-2-13-11-7-3-6-10-9(11)5-4-8-12-10;/h3,6-7,12H,2,4-5,8H2,1H3;1H. The van der Waals surface area contributed by atoms with Crippen molar-refractivity contribution in [1.82, 2.24) is 0 Å². The van der Waals surface area contributed by atoms with Crippen molar-refractivity contribution in [3.8, 4) is 5.75 Å². The average molecular weight is 214 g/mol. The maximum atomic E-state index is 5.56. The first-order valence-electron chi connectivity index (χ1n) is 4.90. The minimum absolute atomic E-state index is 0. The number of benzene rings is 1. The summed E-state index contributed by atoms with van der Waals surface area (Å²) in [7, 11) is 0. The number of hydrogen-bond acceptors (Lipinski definition) is 2. The van der Waals surface area contributed by atoms with Gasteiger partial charge in [-0.25, -0.2) is 0 Å². The number of halogens is 1. The van der Waals surface area contributed by atoms with Crippen LogP contribution in [0, 0.1) is 0 Å². The number of fused-ring (bicyclic) bond motifs is 1. The van der Waals surface area contributed by atoms with Crippen LogP contribution in [0.4, 0.5) is 5.69 Å². The smallest absolute Gasteiger partial charge is 0.124 e. The molecule has 1 N–H and O–H groups in total. The maximum absolute atomic E-state index is 5.56. The molecular weight excluding hydrogens is 198 g/mol. The average Bonchev–Trinajstić information content (AvgIpc) is 2.19. The fourth-order valence-electron chi connectivity index (χ4n) is 1.77. The molecule has 0 amide bonds. The summed E-state index contributed by atoms with van der Waals surface area (Å²) in [6.45, 7) is 3.86. The molecule has 1 aliphatic rings. The molecule has 14 heavy (non-hydrogen) atoms. The van der Waals surface area contributed by atoms with Crippen LogP contribution in [0.1, 0.15) is 18.9 Å². The molecule has 0 saturated heterocycles. The Morgan fingerprint density at radius 3 is 3.07 bits per heavy atom. The van der Waals surface area contributed by atoms with Crippen molar-refractivity contribution in [2.45, 2.75) is 19.8 Å². The molecule has 0 aromatic heterocycles. The van der Waals surface area contributed by atoms with Gasteiger partial charge in [0.2, 0.25) is 0 Å². The Kier molecular flexibility index (Phi) is 4.08. The molecule has 0 unspecified atom stereocenters. The Labute approximate surface area is 91.1 Å². The van der Waals surface area contributed by atoms with Gasteiger partial charge in [0.25, 0.3) is 0 Å². The Hall–Kier alpha value is -0.890. The summed E-state index contributed by atoms with van der Waals surface area (Å²) in [5.41, 5.74) is 2.59. The number of hydrogen-bond donors (Lipinski definition) is 1. The van der Waals surface area contributed by atoms with E-state index in [-0.39, 0.29) is 12.4 Å². The van der Waals surface area contributed by atoms with E-state index >= 15 is 0 Å². The van der Waals surface area contributed by atoms with E-state index in [0.717, 1.165) is 25.3 Å². The lowest BCUT2D eigenvalue weighted by Gasteiger charge is -2.20. The molecule has 0 fully saturated rings. The zero-order valence-electron chi connectivity index (χ0n) is 8.38. The second-order valence-corrected chi connectivity index (χ2v) is 3.25. The van der Waals surface area contributed by atoms with E-state index in [2.05, 4.69) is 17.4 Å². The van der Waals surface area contributed by atoms with Crippen LogP contribution in [0.25, 0.3) is 0 Å². The molecule has 0 radical (unpaired) electrons. The van der Waals surface area contributed by atoms with Crippen molar-refractivity contribution in [3.05, 3.63) is 23.8 Å². The summed E-state index contributed by atoms with van der Waals surface area (Å²) in [4.78, 5) is 0. The summed E-state index contributed by atoms with van der Waals surface area (Å²) < 4.78 is 5.56. The number of anilines is 1. The lowest BCUT2D eigenvalue weighted by molar-refractivity contribution is 0.336. The molecule has 1 aromatic carbocycles. The van der Waals surface area contributed by atoms with Crippen LogP contribution in [-0.4, -0.2) is 13.2 Å². The van der Waals surface area contributed by atoms with Gasteiger partial charge >= 0.3 is 0 Å². The summed E-state index contributed by atoms with van der Waals surface area (Å²) in [5.74, 6) is 1.05. The van der Waals surface area contributed by atoms with Gasteiger partial charge in [-0.2, -0.15) is 0 Å². The van der Waals surface area contributed by atoms with Gasteiger partial charge < -0.3 is 10.1 Å². The highest BCUT2D eigenvalue weighted by molar-refractivity contribution is 5.85. The zero-order valence-corrected chi connectivity index (χ0v) is 9.19. The van der Waals surface area contributed by atoms with Gasteiger partial charge in [0.1, 0.15) is 5.75 Å². The summed E-state index contributed by atoms with van der Waals surface area (Å²) in [6.07, 6.45) is 2.34. The summed E-state index contributed by atoms with van der Waals surface area (Å²) >= 11 is 0. The Morgan fingerprint density at radius 1 is 1.43 bits per heavy atom. The van der Waals surface area contributed by atoms with Crippen LogP contribution >= 0.6 is 12.4 Å². The monoisotopic (exact) mass is 213 g/mol. The third-order valence-corrected chi connectivity index (χ3v) is 2.35. The first-order valence-corrected chi connectivity index (χ1v) is 4.90. The third kappa shape index (κ3) is 2.13. The predicted octanol–water partition coefficient (Wildman–Crippen LogP) is 2.87. The van der Waals surface area contributed by atoms with E-state index in [4.69, 9.17) is 4.74 Å². The fraction of sp³-hybridized carbons (Fsp3) is 0.455. The van der Waals surface area contributed by atoms with Crippen molar-refractivity contribution in [3.63, 3.8) is 0 Å². The van der Waals surface area contributed by atoms with Crippen LogP contribution in [0.2, 0.25) is 0 Å². The van der Waals surface area contributed by atoms with Crippen molar-refractivity contribution < 1.29 is 4.74 Å². The fourth-order valence-corrected chi connectivity index (χ4v) is 1.77. The molecule has 1 heterocycles. The van der Waals surface area contributed by atoms with E-state index in [1.54, 1.807) is 0 Å². The van der Waals surface area contributed by atoms with E-state index in [1.807, 2.05) is 13.0 Å². The SMILES string of the molecule is CCOc1cccc2c1CCCN2.Cl. The van der Waals surface area contributed by atoms with Gasteiger partial charge in [0, 0.05) is 17.8 Å². The number of nitrogens with one attached hydrogen (secondary N) is 1. The lowest BCUT2D eigenvalue weighted by atomic mass is 10.0. The minimum Gasteiger partial charge on any atom is -0.494 e. The minimum atomic E-state index is 0. The van der Waals surface area contributed by atoms with Crippen LogP contribution in [-0.2, 0) is 6.42 Å². The summed E-state index contributed by atoms with van der Waals surface area (Å²) in [5, 5.41) is 3.38. The van der Waals surface area contributed by atoms with Gasteiger partial charge in [-0.1, -0.05) is 6.07 Å². The molecule has 2 nitrogen and oxygen atoms in total. The largest absolute Gasteiger partial charge is 0.494 e. The Morgan fingerprint density at radius 2 is 2.29 bits per heavy atom. The molecule has 3 heteroatoms. The van der Waals surface area contributed by atoms with E-state index in [1.165, 1.54) is 17.7 Å². The molecule has 0 bridgehead atoms. The maximum Gasteiger partial charge on any atom is 0.124 e. The van der Waals surface area contributed by atoms with Crippen molar-refractivity contribution in [2.24, 2.45) is 0 Å². The normalized spacial score (nSPS) is 13.5. The zero-order chi connectivity index (χ0) is 9.10. The second kappa shape index (κ2) is 5.11.